The Bertz CT molecular complexity index is 833. The Balaban J connectivity index is 2.26. The molecule has 0 unspecified atom stereocenters. The van der Waals surface area contributed by atoms with E-state index in [2.05, 4.69) is 4.98 Å². The molecule has 0 aliphatic heterocycles. The summed E-state index contributed by atoms with van der Waals surface area (Å²) < 4.78 is 79.3. The van der Waals surface area contributed by atoms with Gasteiger partial charge in [-0.15, -0.1) is 0 Å². The van der Waals surface area contributed by atoms with Crippen LogP contribution in [0.5, 0.6) is 0 Å². The first-order valence-corrected chi connectivity index (χ1v) is 7.71. The Kier molecular flexibility index (Phi) is 4.82. The van der Waals surface area contributed by atoms with Crippen LogP contribution in [0.2, 0.25) is 0 Å². The van der Waals surface area contributed by atoms with E-state index in [9.17, 15) is 26.3 Å². The fraction of sp³-hybridized carbons (Fsp3) is 0.105. The maximum absolute atomic E-state index is 13.2. The molecule has 140 valence electrons. The predicted molar refractivity (Wildman–Crippen MR) is 88.9 cm³/mol. The van der Waals surface area contributed by atoms with Gasteiger partial charge in [-0.25, -0.2) is 0 Å². The summed E-state index contributed by atoms with van der Waals surface area (Å²) in [7, 11) is 0. The molecule has 0 saturated carbocycles. The van der Waals surface area contributed by atoms with Gasteiger partial charge in [0.05, 0.1) is 11.1 Å². The van der Waals surface area contributed by atoms with Gasteiger partial charge in [0.25, 0.3) is 0 Å². The number of hydrogen-bond acceptors (Lipinski definition) is 2. The van der Waals surface area contributed by atoms with E-state index < -0.39 is 23.5 Å². The number of pyridine rings is 1. The average molecular weight is 382 g/mol. The summed E-state index contributed by atoms with van der Waals surface area (Å²) in [6.07, 6.45) is -7.03. The highest BCUT2D eigenvalue weighted by Gasteiger charge is 2.37. The summed E-state index contributed by atoms with van der Waals surface area (Å²) in [6.45, 7) is 0. The van der Waals surface area contributed by atoms with Crippen molar-refractivity contribution >= 4 is 17.1 Å². The lowest BCUT2D eigenvalue weighted by molar-refractivity contribution is -0.143. The van der Waals surface area contributed by atoms with Crippen LogP contribution in [0.4, 0.5) is 43.4 Å². The molecule has 27 heavy (non-hydrogen) atoms. The fourth-order valence-corrected chi connectivity index (χ4v) is 2.58. The number of alkyl halides is 6. The third-order valence-corrected chi connectivity index (χ3v) is 3.77. The van der Waals surface area contributed by atoms with Crippen molar-refractivity contribution in [2.45, 2.75) is 12.4 Å². The number of rotatable bonds is 3. The molecule has 3 aromatic rings. The highest BCUT2D eigenvalue weighted by atomic mass is 19.4. The Hall–Kier alpha value is -3.03. The first-order chi connectivity index (χ1) is 12.7. The van der Waals surface area contributed by atoms with E-state index in [-0.39, 0.29) is 11.8 Å². The highest BCUT2D eigenvalue weighted by molar-refractivity contribution is 5.77. The molecule has 0 atom stereocenters. The zero-order valence-corrected chi connectivity index (χ0v) is 13.6. The Labute approximate surface area is 150 Å². The SMILES string of the molecule is FC(F)(F)c1cc(N(c2ccccc2)c2ccncc2)cc(C(F)(F)F)c1. The second-order valence-electron chi connectivity index (χ2n) is 5.64. The quantitative estimate of drug-likeness (QED) is 0.475. The Morgan fingerprint density at radius 3 is 1.56 bits per heavy atom. The molecule has 8 heteroatoms. The molecule has 0 aliphatic rings. The van der Waals surface area contributed by atoms with E-state index in [0.717, 1.165) is 0 Å². The van der Waals surface area contributed by atoms with Crippen molar-refractivity contribution in [1.29, 1.82) is 0 Å². The number of benzene rings is 2. The van der Waals surface area contributed by atoms with Crippen molar-refractivity contribution in [1.82, 2.24) is 4.98 Å². The lowest BCUT2D eigenvalue weighted by atomic mass is 10.1. The third-order valence-electron chi connectivity index (χ3n) is 3.77. The largest absolute Gasteiger partial charge is 0.416 e. The monoisotopic (exact) mass is 382 g/mol. The summed E-state index contributed by atoms with van der Waals surface area (Å²) >= 11 is 0. The van der Waals surface area contributed by atoms with Gasteiger partial charge in [0.2, 0.25) is 0 Å². The number of hydrogen-bond donors (Lipinski definition) is 0. The van der Waals surface area contributed by atoms with Gasteiger partial charge in [-0.1, -0.05) is 18.2 Å². The van der Waals surface area contributed by atoms with Gasteiger partial charge < -0.3 is 4.90 Å². The van der Waals surface area contributed by atoms with E-state index in [1.54, 1.807) is 30.3 Å². The van der Waals surface area contributed by atoms with Crippen LogP contribution in [0, 0.1) is 0 Å². The van der Waals surface area contributed by atoms with E-state index >= 15 is 0 Å². The van der Waals surface area contributed by atoms with Crippen LogP contribution < -0.4 is 4.90 Å². The Morgan fingerprint density at radius 1 is 0.593 bits per heavy atom. The molecule has 0 spiro atoms. The zero-order chi connectivity index (χ0) is 19.7. The smallest absolute Gasteiger partial charge is 0.310 e. The topological polar surface area (TPSA) is 16.1 Å². The van der Waals surface area contributed by atoms with Crippen molar-refractivity contribution in [3.63, 3.8) is 0 Å². The molecule has 1 aromatic heterocycles. The first kappa shape index (κ1) is 18.8. The maximum Gasteiger partial charge on any atom is 0.416 e. The van der Waals surface area contributed by atoms with Crippen molar-refractivity contribution < 1.29 is 26.3 Å². The van der Waals surface area contributed by atoms with Gasteiger partial charge in [0.1, 0.15) is 0 Å². The molecule has 0 bridgehead atoms. The molecule has 0 aliphatic carbocycles. The van der Waals surface area contributed by atoms with Crippen molar-refractivity contribution in [2.75, 3.05) is 4.90 Å². The van der Waals surface area contributed by atoms with Crippen molar-refractivity contribution in [3.8, 4) is 0 Å². The van der Waals surface area contributed by atoms with E-state index in [0.29, 0.717) is 23.5 Å². The minimum Gasteiger partial charge on any atom is -0.310 e. The number of halogens is 6. The molecular weight excluding hydrogens is 370 g/mol. The molecule has 0 N–H and O–H groups in total. The van der Waals surface area contributed by atoms with Gasteiger partial charge in [-0.3, -0.25) is 4.98 Å². The van der Waals surface area contributed by atoms with Gasteiger partial charge >= 0.3 is 12.4 Å². The number of para-hydroxylation sites is 1. The number of anilines is 3. The molecule has 2 aromatic carbocycles. The summed E-state index contributed by atoms with van der Waals surface area (Å²) in [4.78, 5) is 5.15. The molecule has 0 saturated heterocycles. The normalized spacial score (nSPS) is 12.1. The van der Waals surface area contributed by atoms with Crippen LogP contribution in [0.3, 0.4) is 0 Å². The van der Waals surface area contributed by atoms with Gasteiger partial charge in [-0.05, 0) is 42.5 Å². The lowest BCUT2D eigenvalue weighted by Crippen LogP contribution is -2.15. The molecule has 0 amide bonds. The second-order valence-corrected chi connectivity index (χ2v) is 5.64. The van der Waals surface area contributed by atoms with Crippen molar-refractivity contribution in [2.24, 2.45) is 0 Å². The second kappa shape index (κ2) is 6.94. The fourth-order valence-electron chi connectivity index (χ4n) is 2.58. The molecular formula is C19H12F6N2. The van der Waals surface area contributed by atoms with Crippen LogP contribution in [-0.2, 0) is 12.4 Å². The first-order valence-electron chi connectivity index (χ1n) is 7.71. The molecule has 3 rings (SSSR count). The lowest BCUT2D eigenvalue weighted by Gasteiger charge is -2.27. The van der Waals surface area contributed by atoms with Gasteiger partial charge in [0.15, 0.2) is 0 Å². The summed E-state index contributed by atoms with van der Waals surface area (Å²) in [5, 5.41) is 0. The van der Waals surface area contributed by atoms with Crippen LogP contribution in [0.15, 0.2) is 73.1 Å². The average Bonchev–Trinajstić information content (AvgIpc) is 2.62. The van der Waals surface area contributed by atoms with Crippen LogP contribution >= 0.6 is 0 Å². The number of nitrogens with zero attached hydrogens (tertiary/aromatic N) is 2. The standard InChI is InChI=1S/C19H12F6N2/c20-18(21,22)13-10-14(19(23,24)25)12-17(11-13)27(15-4-2-1-3-5-15)16-6-8-26-9-7-16/h1-12H. The van der Waals surface area contributed by atoms with Crippen LogP contribution in [0.25, 0.3) is 0 Å². The predicted octanol–water partition coefficient (Wildman–Crippen LogP) is 6.59. The minimum atomic E-state index is -4.92. The number of aromatic nitrogens is 1. The van der Waals surface area contributed by atoms with E-state index in [1.807, 2.05) is 0 Å². The Morgan fingerprint density at radius 2 is 1.07 bits per heavy atom. The van der Waals surface area contributed by atoms with Crippen LogP contribution in [0.1, 0.15) is 11.1 Å². The van der Waals surface area contributed by atoms with E-state index in [1.165, 1.54) is 29.4 Å². The van der Waals surface area contributed by atoms with Crippen molar-refractivity contribution in [3.05, 3.63) is 84.2 Å². The maximum atomic E-state index is 13.2. The molecule has 2 nitrogen and oxygen atoms in total. The molecule has 1 heterocycles. The van der Waals surface area contributed by atoms with Gasteiger partial charge in [0, 0.05) is 29.5 Å². The minimum absolute atomic E-state index is 0.110. The summed E-state index contributed by atoms with van der Waals surface area (Å²) in [5.41, 5.74) is -2.21. The highest BCUT2D eigenvalue weighted by Crippen LogP contribution is 2.42. The van der Waals surface area contributed by atoms with Crippen LogP contribution in [-0.4, -0.2) is 4.98 Å². The summed E-state index contributed by atoms with van der Waals surface area (Å²) in [6, 6.07) is 12.7. The molecule has 0 radical (unpaired) electrons. The summed E-state index contributed by atoms with van der Waals surface area (Å²) in [5.74, 6) is 0. The van der Waals surface area contributed by atoms with Gasteiger partial charge in [-0.2, -0.15) is 26.3 Å². The molecule has 0 fully saturated rings. The van der Waals surface area contributed by atoms with E-state index in [4.69, 9.17) is 0 Å². The third kappa shape index (κ3) is 4.21. The zero-order valence-electron chi connectivity index (χ0n) is 13.6.